The van der Waals surface area contributed by atoms with Crippen LogP contribution in [-0.4, -0.2) is 18.0 Å². The van der Waals surface area contributed by atoms with Gasteiger partial charge in [0.2, 0.25) is 0 Å². The fourth-order valence-electron chi connectivity index (χ4n) is 5.24. The van der Waals surface area contributed by atoms with E-state index in [0.29, 0.717) is 10.8 Å². The highest BCUT2D eigenvalue weighted by Crippen LogP contribution is 2.76. The molecule has 2 heteroatoms. The normalized spacial score (nSPS) is 58.0. The Balaban J connectivity index is 1.66. The molecule has 4 fully saturated rings. The molecule has 2 heterocycles. The van der Waals surface area contributed by atoms with Gasteiger partial charge in [-0.2, -0.15) is 0 Å². The first-order valence-corrected chi connectivity index (χ1v) is 7.63. The maximum Gasteiger partial charge on any atom is 0.166 e. The molecule has 0 radical (unpaired) electrons. The van der Waals surface area contributed by atoms with Gasteiger partial charge in [-0.15, -0.1) is 0 Å². The van der Waals surface area contributed by atoms with Gasteiger partial charge in [-0.3, -0.25) is 0 Å². The summed E-state index contributed by atoms with van der Waals surface area (Å²) >= 11 is 0. The van der Waals surface area contributed by atoms with E-state index in [1.54, 1.807) is 0 Å². The van der Waals surface area contributed by atoms with Crippen LogP contribution < -0.4 is 0 Å². The van der Waals surface area contributed by atoms with E-state index in [1.165, 1.54) is 25.7 Å². The van der Waals surface area contributed by atoms with Gasteiger partial charge in [-0.1, -0.05) is 20.8 Å². The Kier molecular flexibility index (Phi) is 1.94. The molecular formula is C16H26O2. The zero-order chi connectivity index (χ0) is 12.8. The maximum absolute atomic E-state index is 6.46. The maximum atomic E-state index is 6.46. The molecule has 18 heavy (non-hydrogen) atoms. The molecule has 0 aromatic heterocycles. The van der Waals surface area contributed by atoms with E-state index >= 15 is 0 Å². The summed E-state index contributed by atoms with van der Waals surface area (Å²) in [7, 11) is 0. The molecule has 0 amide bonds. The third-order valence-corrected chi connectivity index (χ3v) is 6.51. The second-order valence-electron chi connectivity index (χ2n) is 8.59. The summed E-state index contributed by atoms with van der Waals surface area (Å²) in [4.78, 5) is 0. The molecule has 2 spiro atoms. The highest BCUT2D eigenvalue weighted by atomic mass is 16.8. The topological polar surface area (TPSA) is 18.5 Å². The molecule has 5 atom stereocenters. The fraction of sp³-hybridized carbons (Fsp3) is 1.00. The summed E-state index contributed by atoms with van der Waals surface area (Å²) < 4.78 is 12.5. The van der Waals surface area contributed by atoms with Crippen molar-refractivity contribution in [1.29, 1.82) is 0 Å². The van der Waals surface area contributed by atoms with Crippen molar-refractivity contribution in [2.75, 3.05) is 6.61 Å². The molecule has 4 aliphatic rings. The summed E-state index contributed by atoms with van der Waals surface area (Å²) in [5.74, 6) is 1.49. The monoisotopic (exact) mass is 250 g/mol. The van der Waals surface area contributed by atoms with E-state index in [9.17, 15) is 0 Å². The minimum atomic E-state index is -0.251. The average Bonchev–Trinajstić information content (AvgIpc) is 2.85. The van der Waals surface area contributed by atoms with Gasteiger partial charge >= 0.3 is 0 Å². The highest BCUT2D eigenvalue weighted by Gasteiger charge is 2.77. The fourth-order valence-corrected chi connectivity index (χ4v) is 5.24. The number of rotatable bonds is 0. The van der Waals surface area contributed by atoms with Gasteiger partial charge in [-0.25, -0.2) is 0 Å². The minimum Gasteiger partial charge on any atom is -0.347 e. The molecule has 2 saturated heterocycles. The van der Waals surface area contributed by atoms with Crippen molar-refractivity contribution in [3.05, 3.63) is 0 Å². The van der Waals surface area contributed by atoms with E-state index < -0.39 is 0 Å². The van der Waals surface area contributed by atoms with Gasteiger partial charge in [0.05, 0.1) is 6.61 Å². The first kappa shape index (κ1) is 11.7. The Morgan fingerprint density at radius 1 is 1.11 bits per heavy atom. The molecule has 0 N–H and O–H groups in total. The minimum absolute atomic E-state index is 0.0897. The van der Waals surface area contributed by atoms with Gasteiger partial charge in [0.1, 0.15) is 5.60 Å². The smallest absolute Gasteiger partial charge is 0.166 e. The Labute approximate surface area is 110 Å². The van der Waals surface area contributed by atoms with Crippen LogP contribution >= 0.6 is 0 Å². The first-order valence-electron chi connectivity index (χ1n) is 7.63. The number of fused-ring (bicyclic) bond motifs is 1. The number of hydrogen-bond donors (Lipinski definition) is 0. The lowest BCUT2D eigenvalue weighted by Crippen LogP contribution is -2.53. The van der Waals surface area contributed by atoms with Crippen molar-refractivity contribution in [3.8, 4) is 0 Å². The molecule has 2 aliphatic heterocycles. The molecule has 2 bridgehead atoms. The van der Waals surface area contributed by atoms with Crippen molar-refractivity contribution in [1.82, 2.24) is 0 Å². The zero-order valence-corrected chi connectivity index (χ0v) is 12.2. The van der Waals surface area contributed by atoms with Crippen LogP contribution in [0.5, 0.6) is 0 Å². The van der Waals surface area contributed by atoms with E-state index in [0.717, 1.165) is 24.9 Å². The van der Waals surface area contributed by atoms with E-state index in [-0.39, 0.29) is 11.4 Å². The lowest BCUT2D eigenvalue weighted by molar-refractivity contribution is -0.232. The Morgan fingerprint density at radius 3 is 2.61 bits per heavy atom. The Morgan fingerprint density at radius 2 is 1.89 bits per heavy atom. The van der Waals surface area contributed by atoms with Crippen molar-refractivity contribution < 1.29 is 9.47 Å². The molecular weight excluding hydrogens is 224 g/mol. The molecule has 2 saturated carbocycles. The van der Waals surface area contributed by atoms with Crippen LogP contribution in [0.15, 0.2) is 0 Å². The SMILES string of the molecule is CC(C)(C)[C@@H]1CC[C@]23CO[C@](C)(CC4CC42C1)O3. The van der Waals surface area contributed by atoms with E-state index in [2.05, 4.69) is 27.7 Å². The second-order valence-corrected chi connectivity index (χ2v) is 8.59. The largest absolute Gasteiger partial charge is 0.347 e. The van der Waals surface area contributed by atoms with Gasteiger partial charge in [-0.05, 0) is 49.9 Å². The predicted molar refractivity (Wildman–Crippen MR) is 70.1 cm³/mol. The molecule has 2 nitrogen and oxygen atoms in total. The number of ether oxygens (including phenoxy) is 2. The van der Waals surface area contributed by atoms with Crippen LogP contribution in [0.25, 0.3) is 0 Å². The Hall–Kier alpha value is -0.0800. The predicted octanol–water partition coefficient (Wildman–Crippen LogP) is 3.74. The Bertz CT molecular complexity index is 398. The van der Waals surface area contributed by atoms with E-state index in [4.69, 9.17) is 9.47 Å². The first-order chi connectivity index (χ1) is 8.29. The van der Waals surface area contributed by atoms with Gasteiger partial charge < -0.3 is 9.47 Å². The van der Waals surface area contributed by atoms with Crippen molar-refractivity contribution in [2.45, 2.75) is 71.2 Å². The summed E-state index contributed by atoms with van der Waals surface area (Å²) in [5.41, 5.74) is 1.02. The molecule has 0 aromatic rings. The quantitative estimate of drug-likeness (QED) is 0.652. The third-order valence-electron chi connectivity index (χ3n) is 6.51. The van der Waals surface area contributed by atoms with Gasteiger partial charge in [0.25, 0.3) is 0 Å². The highest BCUT2D eigenvalue weighted by molar-refractivity contribution is 5.23. The standard InChI is InChI=1S/C16H26O2/c1-13(2,3)11-5-6-16-10-17-14(4,18-16)7-12-9-15(12,16)8-11/h11-12H,5-10H2,1-4H3/t11-,12?,14+,15?,16+/m1/s1. The summed E-state index contributed by atoms with van der Waals surface area (Å²) in [6.07, 6.45) is 6.45. The summed E-state index contributed by atoms with van der Waals surface area (Å²) in [5, 5.41) is 0. The van der Waals surface area contributed by atoms with Crippen LogP contribution in [-0.2, 0) is 9.47 Å². The number of hydrogen-bond acceptors (Lipinski definition) is 2. The zero-order valence-electron chi connectivity index (χ0n) is 12.2. The molecule has 102 valence electrons. The summed E-state index contributed by atoms with van der Waals surface area (Å²) in [6.45, 7) is 10.2. The lowest BCUT2D eigenvalue weighted by Gasteiger charge is -2.50. The van der Waals surface area contributed by atoms with Crippen molar-refractivity contribution in [2.24, 2.45) is 22.7 Å². The molecule has 2 aliphatic carbocycles. The molecule has 0 aromatic carbocycles. The van der Waals surface area contributed by atoms with E-state index in [1.807, 2.05) is 0 Å². The molecule has 2 unspecified atom stereocenters. The van der Waals surface area contributed by atoms with Crippen LogP contribution in [0.2, 0.25) is 0 Å². The average molecular weight is 250 g/mol. The second kappa shape index (κ2) is 2.98. The van der Waals surface area contributed by atoms with Crippen molar-refractivity contribution >= 4 is 0 Å². The van der Waals surface area contributed by atoms with Gasteiger partial charge in [0.15, 0.2) is 5.79 Å². The van der Waals surface area contributed by atoms with Crippen LogP contribution in [0.4, 0.5) is 0 Å². The summed E-state index contributed by atoms with van der Waals surface area (Å²) in [6, 6.07) is 0. The van der Waals surface area contributed by atoms with Crippen LogP contribution in [0.1, 0.15) is 59.8 Å². The van der Waals surface area contributed by atoms with Crippen molar-refractivity contribution in [3.63, 3.8) is 0 Å². The van der Waals surface area contributed by atoms with Gasteiger partial charge in [0, 0.05) is 11.8 Å². The third kappa shape index (κ3) is 1.27. The van der Waals surface area contributed by atoms with Crippen LogP contribution in [0, 0.1) is 22.7 Å². The van der Waals surface area contributed by atoms with Crippen LogP contribution in [0.3, 0.4) is 0 Å². The molecule has 4 rings (SSSR count). The lowest BCUT2D eigenvalue weighted by atomic mass is 9.60.